The molecule has 0 radical (unpaired) electrons. The van der Waals surface area contributed by atoms with Gasteiger partial charge in [0.05, 0.1) is 4.47 Å². The van der Waals surface area contributed by atoms with Crippen molar-refractivity contribution in [1.29, 1.82) is 0 Å². The Kier molecular flexibility index (Phi) is 3.06. The molecule has 0 N–H and O–H groups in total. The minimum Gasteiger partial charge on any atom is -0.455 e. The van der Waals surface area contributed by atoms with Crippen LogP contribution in [0.4, 0.5) is 0 Å². The summed E-state index contributed by atoms with van der Waals surface area (Å²) in [5.74, 6) is 0. The van der Waals surface area contributed by atoms with Crippen molar-refractivity contribution < 1.29 is 8.83 Å². The van der Waals surface area contributed by atoms with E-state index in [1.54, 1.807) is 0 Å². The summed E-state index contributed by atoms with van der Waals surface area (Å²) in [7, 11) is 0. The molecule has 2 aromatic heterocycles. The Morgan fingerprint density at radius 1 is 0.556 bits per heavy atom. The number of halogens is 1. The fraction of sp³-hybridized carbons (Fsp3) is 0. The molecule has 0 aliphatic carbocycles. The molecule has 2 nitrogen and oxygen atoms in total. The van der Waals surface area contributed by atoms with Crippen molar-refractivity contribution in [1.82, 2.24) is 0 Å². The lowest BCUT2D eigenvalue weighted by Crippen LogP contribution is -1.79. The molecule has 0 bridgehead atoms. The van der Waals surface area contributed by atoms with Gasteiger partial charge in [0.2, 0.25) is 0 Å². The maximum absolute atomic E-state index is 6.21. The molecule has 0 amide bonds. The van der Waals surface area contributed by atoms with Gasteiger partial charge in [-0.3, -0.25) is 0 Å². The minimum atomic E-state index is 0.881. The first kappa shape index (κ1) is 15.1. The van der Waals surface area contributed by atoms with E-state index < -0.39 is 0 Å². The highest BCUT2D eigenvalue weighted by molar-refractivity contribution is 9.10. The molecule has 0 aliphatic heterocycles. The van der Waals surface area contributed by atoms with Gasteiger partial charge in [0, 0.05) is 27.1 Å². The molecule has 6 rings (SSSR count). The molecule has 27 heavy (non-hydrogen) atoms. The van der Waals surface area contributed by atoms with Crippen molar-refractivity contribution in [2.75, 3.05) is 0 Å². The molecule has 6 aromatic rings. The molecule has 3 heteroatoms. The molecule has 4 aromatic carbocycles. The highest BCUT2D eigenvalue weighted by atomic mass is 79.9. The summed E-state index contributed by atoms with van der Waals surface area (Å²) in [5.41, 5.74) is 5.82. The first-order valence-electron chi connectivity index (χ1n) is 8.81. The van der Waals surface area contributed by atoms with Gasteiger partial charge in [-0.2, -0.15) is 0 Å². The SMILES string of the molecule is Brc1cccc2c1oc1ccc(-c3cccc4c3oc3ccccc34)cc12. The van der Waals surface area contributed by atoms with E-state index in [1.807, 2.05) is 36.4 Å². The van der Waals surface area contributed by atoms with Crippen molar-refractivity contribution in [2.45, 2.75) is 0 Å². The van der Waals surface area contributed by atoms with Gasteiger partial charge in [-0.15, -0.1) is 0 Å². The van der Waals surface area contributed by atoms with Gasteiger partial charge in [0.15, 0.2) is 0 Å². The fourth-order valence-corrected chi connectivity index (χ4v) is 4.35. The molecule has 0 spiro atoms. The molecule has 0 fully saturated rings. The average molecular weight is 413 g/mol. The summed E-state index contributed by atoms with van der Waals surface area (Å²) in [6.07, 6.45) is 0. The highest BCUT2D eigenvalue weighted by Crippen LogP contribution is 2.39. The van der Waals surface area contributed by atoms with E-state index in [-0.39, 0.29) is 0 Å². The smallest absolute Gasteiger partial charge is 0.149 e. The van der Waals surface area contributed by atoms with Gasteiger partial charge in [-0.25, -0.2) is 0 Å². The van der Waals surface area contributed by atoms with Gasteiger partial charge in [-0.1, -0.05) is 54.6 Å². The van der Waals surface area contributed by atoms with Crippen LogP contribution in [0, 0.1) is 0 Å². The van der Waals surface area contributed by atoms with Crippen LogP contribution in [0.1, 0.15) is 0 Å². The van der Waals surface area contributed by atoms with E-state index in [4.69, 9.17) is 8.83 Å². The summed E-state index contributed by atoms with van der Waals surface area (Å²) in [6, 6.07) is 27.0. The van der Waals surface area contributed by atoms with Crippen LogP contribution in [0.15, 0.2) is 92.2 Å². The molecular formula is C24H13BrO2. The largest absolute Gasteiger partial charge is 0.455 e. The lowest BCUT2D eigenvalue weighted by Gasteiger charge is -2.03. The predicted octanol–water partition coefficient (Wildman–Crippen LogP) is 7.91. The molecule has 0 aliphatic rings. The van der Waals surface area contributed by atoms with Crippen LogP contribution in [0.25, 0.3) is 55.0 Å². The van der Waals surface area contributed by atoms with E-state index in [9.17, 15) is 0 Å². The minimum absolute atomic E-state index is 0.881. The predicted molar refractivity (Wildman–Crippen MR) is 114 cm³/mol. The Bertz CT molecular complexity index is 1490. The van der Waals surface area contributed by atoms with Gasteiger partial charge in [0.25, 0.3) is 0 Å². The van der Waals surface area contributed by atoms with Crippen LogP contribution in [0.2, 0.25) is 0 Å². The van der Waals surface area contributed by atoms with E-state index in [0.717, 1.165) is 59.5 Å². The summed E-state index contributed by atoms with van der Waals surface area (Å²) < 4.78 is 13.2. The first-order chi connectivity index (χ1) is 13.3. The van der Waals surface area contributed by atoms with E-state index in [0.29, 0.717) is 0 Å². The maximum Gasteiger partial charge on any atom is 0.149 e. The van der Waals surface area contributed by atoms with Crippen molar-refractivity contribution >= 4 is 59.8 Å². The second-order valence-corrected chi connectivity index (χ2v) is 7.56. The second kappa shape index (κ2) is 5.48. The maximum atomic E-state index is 6.21. The normalized spacial score (nSPS) is 11.9. The third-order valence-electron chi connectivity index (χ3n) is 5.16. The van der Waals surface area contributed by atoms with Crippen molar-refractivity contribution in [3.05, 3.63) is 83.3 Å². The molecule has 128 valence electrons. The third kappa shape index (κ3) is 2.12. The number of hydrogen-bond donors (Lipinski definition) is 0. The zero-order valence-corrected chi connectivity index (χ0v) is 15.8. The monoisotopic (exact) mass is 412 g/mol. The Morgan fingerprint density at radius 2 is 1.26 bits per heavy atom. The number of furan rings is 2. The van der Waals surface area contributed by atoms with Gasteiger partial charge in [0.1, 0.15) is 22.3 Å². The van der Waals surface area contributed by atoms with Crippen molar-refractivity contribution in [2.24, 2.45) is 0 Å². The number of fused-ring (bicyclic) bond motifs is 6. The average Bonchev–Trinajstić information content (AvgIpc) is 3.27. The molecule has 0 unspecified atom stereocenters. The standard InChI is InChI=1S/C24H13BrO2/c25-20-9-4-8-18-19-13-14(11-12-22(19)27-24(18)20)15-6-3-7-17-16-5-1-2-10-21(16)26-23(15)17/h1-13H. The Morgan fingerprint density at radius 3 is 2.19 bits per heavy atom. The van der Waals surface area contributed by atoms with Crippen LogP contribution in [0.3, 0.4) is 0 Å². The Hall–Kier alpha value is -3.04. The first-order valence-corrected chi connectivity index (χ1v) is 9.60. The van der Waals surface area contributed by atoms with E-state index >= 15 is 0 Å². The van der Waals surface area contributed by atoms with Crippen molar-refractivity contribution in [3.63, 3.8) is 0 Å². The number of benzene rings is 4. The summed E-state index contributed by atoms with van der Waals surface area (Å²) in [6.45, 7) is 0. The zero-order valence-electron chi connectivity index (χ0n) is 14.2. The topological polar surface area (TPSA) is 26.3 Å². The van der Waals surface area contributed by atoms with E-state index in [1.165, 1.54) is 0 Å². The van der Waals surface area contributed by atoms with Crippen molar-refractivity contribution in [3.8, 4) is 11.1 Å². The van der Waals surface area contributed by atoms with Crippen LogP contribution < -0.4 is 0 Å². The molecule has 0 saturated heterocycles. The quantitative estimate of drug-likeness (QED) is 0.274. The fourth-order valence-electron chi connectivity index (χ4n) is 3.91. The summed E-state index contributed by atoms with van der Waals surface area (Å²) in [5, 5.41) is 4.51. The van der Waals surface area contributed by atoms with Gasteiger partial charge >= 0.3 is 0 Å². The highest BCUT2D eigenvalue weighted by Gasteiger charge is 2.14. The van der Waals surface area contributed by atoms with Crippen LogP contribution >= 0.6 is 15.9 Å². The molecule has 0 saturated carbocycles. The summed E-state index contributed by atoms with van der Waals surface area (Å²) >= 11 is 3.58. The third-order valence-corrected chi connectivity index (χ3v) is 5.79. The lowest BCUT2D eigenvalue weighted by molar-refractivity contribution is 0.666. The Labute approximate surface area is 163 Å². The van der Waals surface area contributed by atoms with Gasteiger partial charge in [-0.05, 0) is 45.8 Å². The van der Waals surface area contributed by atoms with Crippen LogP contribution in [-0.4, -0.2) is 0 Å². The number of para-hydroxylation sites is 3. The Balaban J connectivity index is 1.68. The molecule has 0 atom stereocenters. The number of rotatable bonds is 1. The van der Waals surface area contributed by atoms with Gasteiger partial charge < -0.3 is 8.83 Å². The molecule has 2 heterocycles. The summed E-state index contributed by atoms with van der Waals surface area (Å²) in [4.78, 5) is 0. The number of hydrogen-bond acceptors (Lipinski definition) is 2. The van der Waals surface area contributed by atoms with Crippen LogP contribution in [-0.2, 0) is 0 Å². The second-order valence-electron chi connectivity index (χ2n) is 6.71. The van der Waals surface area contributed by atoms with Crippen LogP contribution in [0.5, 0.6) is 0 Å². The zero-order chi connectivity index (χ0) is 18.0. The lowest BCUT2D eigenvalue weighted by atomic mass is 10.0. The van der Waals surface area contributed by atoms with E-state index in [2.05, 4.69) is 58.4 Å². The molecular weight excluding hydrogens is 400 g/mol.